The number of aliphatic carboxylic acids is 1. The van der Waals surface area contributed by atoms with Gasteiger partial charge in [0.05, 0.1) is 5.92 Å². The van der Waals surface area contributed by atoms with Crippen LogP contribution in [0, 0.1) is 11.8 Å². The zero-order valence-corrected chi connectivity index (χ0v) is 13.3. The van der Waals surface area contributed by atoms with E-state index in [4.69, 9.17) is 5.11 Å². The second-order valence-corrected chi connectivity index (χ2v) is 5.89. The summed E-state index contributed by atoms with van der Waals surface area (Å²) in [7, 11) is 0. The van der Waals surface area contributed by atoms with Gasteiger partial charge in [-0.1, -0.05) is 27.2 Å². The van der Waals surface area contributed by atoms with E-state index in [1.807, 2.05) is 20.8 Å². The van der Waals surface area contributed by atoms with Gasteiger partial charge >= 0.3 is 5.97 Å². The standard InChI is InChI=1S/C16H24N2O4/c1-4-5-11(16(21)22)9-17-15(20)12-7-13(6-10(2)3)18-14(19)8-12/h7-8,10-11H,4-6,9H2,1-3H3,(H,17,20)(H,18,19)(H,21,22). The first-order chi connectivity index (χ1) is 10.3. The molecule has 0 spiro atoms. The predicted octanol–water partition coefficient (Wildman–Crippen LogP) is 1.80. The molecule has 1 aromatic heterocycles. The van der Waals surface area contributed by atoms with Gasteiger partial charge in [0.1, 0.15) is 0 Å². The Labute approximate surface area is 129 Å². The smallest absolute Gasteiger partial charge is 0.308 e. The molecule has 0 saturated carbocycles. The molecule has 1 heterocycles. The van der Waals surface area contributed by atoms with Crippen LogP contribution < -0.4 is 10.9 Å². The van der Waals surface area contributed by atoms with Gasteiger partial charge in [-0.05, 0) is 24.8 Å². The Morgan fingerprint density at radius 1 is 1.32 bits per heavy atom. The van der Waals surface area contributed by atoms with Crippen molar-refractivity contribution in [1.82, 2.24) is 10.3 Å². The van der Waals surface area contributed by atoms with E-state index in [1.165, 1.54) is 6.07 Å². The van der Waals surface area contributed by atoms with Crippen molar-refractivity contribution >= 4 is 11.9 Å². The maximum absolute atomic E-state index is 12.1. The fraction of sp³-hybridized carbons (Fsp3) is 0.562. The van der Waals surface area contributed by atoms with Gasteiger partial charge in [-0.3, -0.25) is 14.4 Å². The Hall–Kier alpha value is -2.11. The van der Waals surface area contributed by atoms with E-state index in [0.717, 1.165) is 6.42 Å². The number of carboxylic acids is 1. The van der Waals surface area contributed by atoms with Gasteiger partial charge in [0.2, 0.25) is 5.56 Å². The highest BCUT2D eigenvalue weighted by Crippen LogP contribution is 2.08. The van der Waals surface area contributed by atoms with Gasteiger partial charge in [-0.2, -0.15) is 0 Å². The van der Waals surface area contributed by atoms with Crippen molar-refractivity contribution in [1.29, 1.82) is 0 Å². The van der Waals surface area contributed by atoms with Crippen molar-refractivity contribution in [3.63, 3.8) is 0 Å². The van der Waals surface area contributed by atoms with Crippen LogP contribution in [0.1, 0.15) is 49.7 Å². The van der Waals surface area contributed by atoms with E-state index in [2.05, 4.69) is 10.3 Å². The first kappa shape index (κ1) is 17.9. The zero-order chi connectivity index (χ0) is 16.7. The van der Waals surface area contributed by atoms with Crippen molar-refractivity contribution < 1.29 is 14.7 Å². The monoisotopic (exact) mass is 308 g/mol. The largest absolute Gasteiger partial charge is 0.481 e. The molecule has 0 aliphatic carbocycles. The Bertz CT molecular complexity index is 578. The minimum absolute atomic E-state index is 0.0638. The number of rotatable bonds is 8. The van der Waals surface area contributed by atoms with E-state index >= 15 is 0 Å². The molecule has 0 radical (unpaired) electrons. The Kier molecular flexibility index (Phi) is 6.82. The molecule has 3 N–H and O–H groups in total. The SMILES string of the molecule is CCCC(CNC(=O)c1cc(CC(C)C)[nH]c(=O)c1)C(=O)O. The van der Waals surface area contributed by atoms with Crippen LogP contribution in [-0.4, -0.2) is 28.5 Å². The summed E-state index contributed by atoms with van der Waals surface area (Å²) in [4.78, 5) is 37.5. The highest BCUT2D eigenvalue weighted by Gasteiger charge is 2.18. The van der Waals surface area contributed by atoms with Crippen LogP contribution in [0.3, 0.4) is 0 Å². The molecule has 0 bridgehead atoms. The lowest BCUT2D eigenvalue weighted by Gasteiger charge is -2.13. The maximum Gasteiger partial charge on any atom is 0.308 e. The van der Waals surface area contributed by atoms with Crippen LogP contribution in [0.15, 0.2) is 16.9 Å². The second-order valence-electron chi connectivity index (χ2n) is 5.89. The number of carbonyl (C=O) groups excluding carboxylic acids is 1. The number of H-pyrrole nitrogens is 1. The molecular formula is C16H24N2O4. The number of carbonyl (C=O) groups is 2. The third-order valence-corrected chi connectivity index (χ3v) is 3.29. The summed E-state index contributed by atoms with van der Waals surface area (Å²) in [6, 6.07) is 2.88. The van der Waals surface area contributed by atoms with Crippen molar-refractivity contribution in [2.45, 2.75) is 40.0 Å². The molecule has 6 heteroatoms. The van der Waals surface area contributed by atoms with Gasteiger partial charge in [-0.15, -0.1) is 0 Å². The van der Waals surface area contributed by atoms with Crippen LogP contribution in [-0.2, 0) is 11.2 Å². The fourth-order valence-electron chi connectivity index (χ4n) is 2.26. The lowest BCUT2D eigenvalue weighted by Crippen LogP contribution is -2.33. The number of carboxylic acid groups (broad SMARTS) is 1. The topological polar surface area (TPSA) is 99.3 Å². The predicted molar refractivity (Wildman–Crippen MR) is 84.0 cm³/mol. The van der Waals surface area contributed by atoms with Crippen molar-refractivity contribution in [2.24, 2.45) is 11.8 Å². The Morgan fingerprint density at radius 3 is 2.55 bits per heavy atom. The van der Waals surface area contributed by atoms with E-state index in [0.29, 0.717) is 24.5 Å². The summed E-state index contributed by atoms with van der Waals surface area (Å²) in [6.45, 7) is 6.00. The summed E-state index contributed by atoms with van der Waals surface area (Å²) >= 11 is 0. The second kappa shape index (κ2) is 8.36. The molecule has 0 aromatic carbocycles. The maximum atomic E-state index is 12.1. The van der Waals surface area contributed by atoms with Crippen molar-refractivity contribution in [3.8, 4) is 0 Å². The summed E-state index contributed by atoms with van der Waals surface area (Å²) in [5.41, 5.74) is 0.641. The van der Waals surface area contributed by atoms with Gasteiger partial charge in [0.15, 0.2) is 0 Å². The number of nitrogens with one attached hydrogen (secondary N) is 2. The molecule has 1 rings (SSSR count). The third kappa shape index (κ3) is 5.71. The molecule has 1 amide bonds. The van der Waals surface area contributed by atoms with E-state index in [1.54, 1.807) is 6.07 Å². The summed E-state index contributed by atoms with van der Waals surface area (Å²) in [5.74, 6) is -1.59. The average Bonchev–Trinajstić information content (AvgIpc) is 2.41. The quantitative estimate of drug-likeness (QED) is 0.682. The summed E-state index contributed by atoms with van der Waals surface area (Å²) in [5, 5.41) is 11.7. The molecule has 22 heavy (non-hydrogen) atoms. The molecule has 0 aliphatic heterocycles. The first-order valence-corrected chi connectivity index (χ1v) is 7.57. The van der Waals surface area contributed by atoms with Crippen LogP contribution in [0.5, 0.6) is 0 Å². The number of aromatic amines is 1. The minimum Gasteiger partial charge on any atom is -0.481 e. The van der Waals surface area contributed by atoms with Crippen LogP contribution in [0.25, 0.3) is 0 Å². The lowest BCUT2D eigenvalue weighted by atomic mass is 10.0. The van der Waals surface area contributed by atoms with Gasteiger partial charge in [0.25, 0.3) is 5.91 Å². The third-order valence-electron chi connectivity index (χ3n) is 3.29. The molecule has 1 unspecified atom stereocenters. The molecule has 0 fully saturated rings. The first-order valence-electron chi connectivity index (χ1n) is 7.57. The van der Waals surface area contributed by atoms with E-state index in [9.17, 15) is 14.4 Å². The van der Waals surface area contributed by atoms with Crippen LogP contribution >= 0.6 is 0 Å². The molecule has 1 aromatic rings. The zero-order valence-electron chi connectivity index (χ0n) is 13.3. The molecule has 0 aliphatic rings. The van der Waals surface area contributed by atoms with Crippen LogP contribution in [0.4, 0.5) is 0 Å². The molecule has 122 valence electrons. The van der Waals surface area contributed by atoms with Gasteiger partial charge in [0, 0.05) is 23.9 Å². The number of hydrogen-bond acceptors (Lipinski definition) is 3. The average molecular weight is 308 g/mol. The van der Waals surface area contributed by atoms with E-state index < -0.39 is 17.8 Å². The minimum atomic E-state index is -0.923. The van der Waals surface area contributed by atoms with Crippen molar-refractivity contribution in [3.05, 3.63) is 33.7 Å². The number of hydrogen-bond donors (Lipinski definition) is 3. The number of aromatic nitrogens is 1. The molecule has 6 nitrogen and oxygen atoms in total. The van der Waals surface area contributed by atoms with Gasteiger partial charge in [-0.25, -0.2) is 0 Å². The Balaban J connectivity index is 2.78. The molecular weight excluding hydrogens is 284 g/mol. The normalized spacial score (nSPS) is 12.2. The van der Waals surface area contributed by atoms with Gasteiger partial charge < -0.3 is 15.4 Å². The van der Waals surface area contributed by atoms with Crippen molar-refractivity contribution in [2.75, 3.05) is 6.54 Å². The van der Waals surface area contributed by atoms with E-state index in [-0.39, 0.29) is 17.7 Å². The Morgan fingerprint density at radius 2 is 2.00 bits per heavy atom. The number of pyridine rings is 1. The summed E-state index contributed by atoms with van der Waals surface area (Å²) in [6.07, 6.45) is 1.91. The molecule has 1 atom stereocenters. The fourth-order valence-corrected chi connectivity index (χ4v) is 2.26. The highest BCUT2D eigenvalue weighted by molar-refractivity contribution is 5.94. The molecule has 0 saturated heterocycles. The summed E-state index contributed by atoms with van der Waals surface area (Å²) < 4.78 is 0. The number of amides is 1. The van der Waals surface area contributed by atoms with Crippen LogP contribution in [0.2, 0.25) is 0 Å². The highest BCUT2D eigenvalue weighted by atomic mass is 16.4. The lowest BCUT2D eigenvalue weighted by molar-refractivity contribution is -0.141.